The van der Waals surface area contributed by atoms with Crippen molar-refractivity contribution in [2.75, 3.05) is 11.0 Å². The molecule has 1 aromatic rings. The summed E-state index contributed by atoms with van der Waals surface area (Å²) in [5.74, 6) is -0.111. The van der Waals surface area contributed by atoms with Gasteiger partial charge in [-0.3, -0.25) is 4.72 Å². The Morgan fingerprint density at radius 3 is 2.54 bits per heavy atom. The van der Waals surface area contributed by atoms with Gasteiger partial charge >= 0.3 is 0 Å². The molecule has 0 aromatic heterocycles. The van der Waals surface area contributed by atoms with E-state index in [4.69, 9.17) is 0 Å². The predicted octanol–water partition coefficient (Wildman–Crippen LogP) is 1.53. The van der Waals surface area contributed by atoms with Crippen molar-refractivity contribution >= 4 is 31.6 Å². The number of sulfonamides is 1. The van der Waals surface area contributed by atoms with Gasteiger partial charge in [0.1, 0.15) is 11.4 Å². The van der Waals surface area contributed by atoms with E-state index in [0.717, 1.165) is 6.26 Å². The quantitative estimate of drug-likeness (QED) is 0.798. The Morgan fingerprint density at radius 2 is 2.08 bits per heavy atom. The molecule has 6 heteroatoms. The lowest BCUT2D eigenvalue weighted by atomic mass is 10.3. The molecule has 0 aliphatic rings. The number of hydrogen-bond donors (Lipinski definition) is 2. The van der Waals surface area contributed by atoms with Gasteiger partial charge in [0.25, 0.3) is 0 Å². The lowest BCUT2D eigenvalue weighted by molar-refractivity contribution is 0.477. The van der Waals surface area contributed by atoms with Crippen LogP contribution in [0.15, 0.2) is 22.7 Å². The minimum atomic E-state index is -3.36. The highest BCUT2D eigenvalue weighted by atomic mass is 79.9. The molecule has 13 heavy (non-hydrogen) atoms. The molecule has 0 atom stereocenters. The van der Waals surface area contributed by atoms with E-state index in [1.165, 1.54) is 6.07 Å². The highest BCUT2D eigenvalue weighted by molar-refractivity contribution is 9.10. The van der Waals surface area contributed by atoms with Gasteiger partial charge in [-0.05, 0) is 28.1 Å². The zero-order valence-electron chi connectivity index (χ0n) is 6.78. The number of aromatic hydroxyl groups is 1. The molecule has 0 amide bonds. The Balaban J connectivity index is 3.15. The number of para-hydroxylation sites is 1. The zero-order valence-corrected chi connectivity index (χ0v) is 9.18. The van der Waals surface area contributed by atoms with E-state index in [9.17, 15) is 13.5 Å². The maximum atomic E-state index is 10.9. The topological polar surface area (TPSA) is 66.4 Å². The minimum Gasteiger partial charge on any atom is -0.506 e. The van der Waals surface area contributed by atoms with Crippen molar-refractivity contribution in [3.8, 4) is 5.75 Å². The molecule has 0 aliphatic carbocycles. The summed E-state index contributed by atoms with van der Waals surface area (Å²) in [6.45, 7) is 0. The van der Waals surface area contributed by atoms with Crippen LogP contribution in [-0.2, 0) is 10.0 Å². The molecule has 0 heterocycles. The van der Waals surface area contributed by atoms with Gasteiger partial charge in [-0.2, -0.15) is 0 Å². The highest BCUT2D eigenvalue weighted by Crippen LogP contribution is 2.31. The summed E-state index contributed by atoms with van der Waals surface area (Å²) in [5, 5.41) is 9.30. The average Bonchev–Trinajstić information content (AvgIpc) is 1.95. The largest absolute Gasteiger partial charge is 0.506 e. The number of hydrogen-bond acceptors (Lipinski definition) is 3. The Bertz CT molecular complexity index is 395. The first kappa shape index (κ1) is 10.3. The van der Waals surface area contributed by atoms with Gasteiger partial charge in [0, 0.05) is 4.47 Å². The monoisotopic (exact) mass is 265 g/mol. The van der Waals surface area contributed by atoms with Gasteiger partial charge in [0.15, 0.2) is 0 Å². The number of anilines is 1. The Hall–Kier alpha value is -0.750. The molecule has 0 fully saturated rings. The Kier molecular flexibility index (Phi) is 2.82. The SMILES string of the molecule is CS(=O)(=O)Nc1c(O)cccc1Br. The lowest BCUT2D eigenvalue weighted by Gasteiger charge is -2.07. The molecule has 2 N–H and O–H groups in total. The third-order valence-electron chi connectivity index (χ3n) is 1.28. The van der Waals surface area contributed by atoms with Gasteiger partial charge in [0.05, 0.1) is 6.26 Å². The van der Waals surface area contributed by atoms with Gasteiger partial charge in [-0.25, -0.2) is 8.42 Å². The van der Waals surface area contributed by atoms with Gasteiger partial charge in [-0.15, -0.1) is 0 Å². The Labute approximate surface area is 84.8 Å². The summed E-state index contributed by atoms with van der Waals surface area (Å²) >= 11 is 3.11. The maximum Gasteiger partial charge on any atom is 0.229 e. The van der Waals surface area contributed by atoms with Gasteiger partial charge < -0.3 is 5.11 Å². The molecule has 0 aliphatic heterocycles. The summed E-state index contributed by atoms with van der Waals surface area (Å²) in [4.78, 5) is 0. The summed E-state index contributed by atoms with van der Waals surface area (Å²) < 4.78 is 24.4. The molecule has 1 rings (SSSR count). The van der Waals surface area contributed by atoms with Crippen molar-refractivity contribution in [3.05, 3.63) is 22.7 Å². The first-order valence-corrected chi connectivity index (χ1v) is 6.04. The van der Waals surface area contributed by atoms with Crippen LogP contribution in [0.25, 0.3) is 0 Å². The fraction of sp³-hybridized carbons (Fsp3) is 0.143. The van der Waals surface area contributed by atoms with Crippen LogP contribution in [0, 0.1) is 0 Å². The fourth-order valence-corrected chi connectivity index (χ4v) is 1.97. The lowest BCUT2D eigenvalue weighted by Crippen LogP contribution is -2.10. The van der Waals surface area contributed by atoms with Crippen molar-refractivity contribution in [2.45, 2.75) is 0 Å². The van der Waals surface area contributed by atoms with E-state index < -0.39 is 10.0 Å². The first-order chi connectivity index (χ1) is 5.90. The van der Waals surface area contributed by atoms with Gasteiger partial charge in [-0.1, -0.05) is 6.07 Å². The first-order valence-electron chi connectivity index (χ1n) is 3.35. The number of rotatable bonds is 2. The van der Waals surface area contributed by atoms with Crippen LogP contribution < -0.4 is 4.72 Å². The molecule has 0 spiro atoms. The zero-order chi connectivity index (χ0) is 10.1. The fourth-order valence-electron chi connectivity index (χ4n) is 0.799. The van der Waals surface area contributed by atoms with Crippen molar-refractivity contribution in [2.24, 2.45) is 0 Å². The van der Waals surface area contributed by atoms with Crippen LogP contribution in [0.5, 0.6) is 5.75 Å². The normalized spacial score (nSPS) is 11.2. The maximum absolute atomic E-state index is 10.9. The van der Waals surface area contributed by atoms with Crippen molar-refractivity contribution in [1.29, 1.82) is 0 Å². The average molecular weight is 266 g/mol. The molecule has 0 radical (unpaired) electrons. The number of benzene rings is 1. The molecular formula is C7H8BrNO3S. The van der Waals surface area contributed by atoms with E-state index in [2.05, 4.69) is 20.7 Å². The molecule has 0 bridgehead atoms. The van der Waals surface area contributed by atoms with Crippen LogP contribution in [0.4, 0.5) is 5.69 Å². The van der Waals surface area contributed by atoms with Crippen LogP contribution in [-0.4, -0.2) is 19.8 Å². The third kappa shape index (κ3) is 2.89. The molecule has 0 unspecified atom stereocenters. The van der Waals surface area contributed by atoms with E-state index in [1.54, 1.807) is 12.1 Å². The second-order valence-electron chi connectivity index (χ2n) is 2.51. The van der Waals surface area contributed by atoms with Crippen LogP contribution >= 0.6 is 15.9 Å². The molecule has 72 valence electrons. The molecule has 1 aromatic carbocycles. The molecular weight excluding hydrogens is 258 g/mol. The van der Waals surface area contributed by atoms with Crippen LogP contribution in [0.3, 0.4) is 0 Å². The smallest absolute Gasteiger partial charge is 0.229 e. The van der Waals surface area contributed by atoms with Crippen molar-refractivity contribution < 1.29 is 13.5 Å². The van der Waals surface area contributed by atoms with Crippen molar-refractivity contribution in [3.63, 3.8) is 0 Å². The van der Waals surface area contributed by atoms with Crippen LogP contribution in [0.1, 0.15) is 0 Å². The number of halogens is 1. The summed E-state index contributed by atoms with van der Waals surface area (Å²) in [5.41, 5.74) is 0.157. The van der Waals surface area contributed by atoms with E-state index >= 15 is 0 Å². The standard InChI is InChI=1S/C7H8BrNO3S/c1-13(11,12)9-7-5(8)3-2-4-6(7)10/h2-4,9-10H,1H3. The summed E-state index contributed by atoms with van der Waals surface area (Å²) in [7, 11) is -3.36. The Morgan fingerprint density at radius 1 is 1.46 bits per heavy atom. The van der Waals surface area contributed by atoms with E-state index in [0.29, 0.717) is 4.47 Å². The minimum absolute atomic E-state index is 0.111. The molecule has 4 nitrogen and oxygen atoms in total. The number of phenolic OH excluding ortho intramolecular Hbond substituents is 1. The second-order valence-corrected chi connectivity index (χ2v) is 5.11. The third-order valence-corrected chi connectivity index (χ3v) is 2.51. The summed E-state index contributed by atoms with van der Waals surface area (Å²) in [6.07, 6.45) is 1.02. The number of phenols is 1. The second kappa shape index (κ2) is 3.55. The summed E-state index contributed by atoms with van der Waals surface area (Å²) in [6, 6.07) is 4.64. The van der Waals surface area contributed by atoms with Crippen LogP contribution in [0.2, 0.25) is 0 Å². The van der Waals surface area contributed by atoms with E-state index in [-0.39, 0.29) is 11.4 Å². The molecule has 0 saturated carbocycles. The predicted molar refractivity (Wildman–Crippen MR) is 54.3 cm³/mol. The van der Waals surface area contributed by atoms with E-state index in [1.807, 2.05) is 0 Å². The molecule has 0 saturated heterocycles. The highest BCUT2D eigenvalue weighted by Gasteiger charge is 2.09. The number of nitrogens with one attached hydrogen (secondary N) is 1. The van der Waals surface area contributed by atoms with Gasteiger partial charge in [0.2, 0.25) is 10.0 Å². The van der Waals surface area contributed by atoms with Crippen molar-refractivity contribution in [1.82, 2.24) is 0 Å².